The molecule has 1 fully saturated rings. The van der Waals surface area contributed by atoms with Gasteiger partial charge >= 0.3 is 5.97 Å². The van der Waals surface area contributed by atoms with Crippen LogP contribution in [0.1, 0.15) is 39.0 Å². The molecule has 2 atom stereocenters. The molecule has 0 aromatic heterocycles. The number of carboxylic acid groups (broad SMARTS) is 1. The van der Waals surface area contributed by atoms with Crippen LogP contribution in [0.25, 0.3) is 0 Å². The standard InChI is InChI=1S/C12H23NO3/c1-10(6-7-12(14)15)13(2)9-11-5-3-4-8-16-11/h10-11H,3-9H2,1-2H3,(H,14,15). The second-order valence-corrected chi connectivity index (χ2v) is 4.71. The molecule has 4 nitrogen and oxygen atoms in total. The Bertz CT molecular complexity index is 214. The van der Waals surface area contributed by atoms with Gasteiger partial charge in [-0.1, -0.05) is 0 Å². The number of aliphatic carboxylic acids is 1. The van der Waals surface area contributed by atoms with Crippen molar-refractivity contribution >= 4 is 5.97 Å². The summed E-state index contributed by atoms with van der Waals surface area (Å²) in [5.41, 5.74) is 0. The number of carbonyl (C=O) groups is 1. The van der Waals surface area contributed by atoms with E-state index in [1.54, 1.807) is 0 Å². The molecule has 1 aliphatic heterocycles. The Balaban J connectivity index is 2.21. The smallest absolute Gasteiger partial charge is 0.303 e. The Kier molecular flexibility index (Phi) is 5.77. The van der Waals surface area contributed by atoms with Gasteiger partial charge in [-0.3, -0.25) is 4.79 Å². The van der Waals surface area contributed by atoms with E-state index in [-0.39, 0.29) is 6.42 Å². The van der Waals surface area contributed by atoms with Gasteiger partial charge in [-0.05, 0) is 39.7 Å². The zero-order chi connectivity index (χ0) is 12.0. The van der Waals surface area contributed by atoms with Crippen molar-refractivity contribution < 1.29 is 14.6 Å². The second-order valence-electron chi connectivity index (χ2n) is 4.71. The summed E-state index contributed by atoms with van der Waals surface area (Å²) in [6.07, 6.45) is 4.86. The molecule has 94 valence electrons. The highest BCUT2D eigenvalue weighted by atomic mass is 16.5. The molecule has 4 heteroatoms. The van der Waals surface area contributed by atoms with Gasteiger partial charge in [-0.25, -0.2) is 0 Å². The minimum Gasteiger partial charge on any atom is -0.481 e. The average molecular weight is 229 g/mol. The summed E-state index contributed by atoms with van der Waals surface area (Å²) in [6, 6.07) is 0.307. The SMILES string of the molecule is CC(CCC(=O)O)N(C)CC1CCCCO1. The highest BCUT2D eigenvalue weighted by Crippen LogP contribution is 2.15. The molecule has 16 heavy (non-hydrogen) atoms. The minimum atomic E-state index is -0.714. The first-order chi connectivity index (χ1) is 7.59. The van der Waals surface area contributed by atoms with Gasteiger partial charge in [-0.15, -0.1) is 0 Å². The Morgan fingerprint density at radius 1 is 1.56 bits per heavy atom. The number of hydrogen-bond donors (Lipinski definition) is 1. The number of hydrogen-bond acceptors (Lipinski definition) is 3. The number of carboxylic acids is 1. The number of nitrogens with zero attached hydrogens (tertiary/aromatic N) is 1. The van der Waals surface area contributed by atoms with Gasteiger partial charge in [0, 0.05) is 25.6 Å². The Morgan fingerprint density at radius 3 is 2.88 bits per heavy atom. The van der Waals surface area contributed by atoms with Crippen molar-refractivity contribution in [1.82, 2.24) is 4.90 Å². The van der Waals surface area contributed by atoms with Gasteiger partial charge in [0.05, 0.1) is 6.10 Å². The van der Waals surface area contributed by atoms with E-state index in [0.717, 1.165) is 19.6 Å². The summed E-state index contributed by atoms with van der Waals surface area (Å²) in [7, 11) is 2.05. The summed E-state index contributed by atoms with van der Waals surface area (Å²) in [5, 5.41) is 8.62. The van der Waals surface area contributed by atoms with E-state index < -0.39 is 5.97 Å². The lowest BCUT2D eigenvalue weighted by Crippen LogP contribution is -2.38. The van der Waals surface area contributed by atoms with E-state index in [9.17, 15) is 4.79 Å². The third-order valence-corrected chi connectivity index (χ3v) is 3.29. The number of likely N-dealkylation sites (N-methyl/N-ethyl adjacent to an activating group) is 1. The first kappa shape index (κ1) is 13.5. The fraction of sp³-hybridized carbons (Fsp3) is 0.917. The van der Waals surface area contributed by atoms with Gasteiger partial charge in [0.25, 0.3) is 0 Å². The van der Waals surface area contributed by atoms with Gasteiger partial charge in [-0.2, -0.15) is 0 Å². The molecule has 0 aromatic carbocycles. The average Bonchev–Trinajstić information content (AvgIpc) is 2.27. The number of rotatable bonds is 6. The van der Waals surface area contributed by atoms with Crippen molar-refractivity contribution in [2.24, 2.45) is 0 Å². The summed E-state index contributed by atoms with van der Waals surface area (Å²) in [6.45, 7) is 3.87. The predicted octanol–water partition coefficient (Wildman–Crippen LogP) is 1.74. The van der Waals surface area contributed by atoms with E-state index in [2.05, 4.69) is 11.8 Å². The largest absolute Gasteiger partial charge is 0.481 e. The summed E-state index contributed by atoms with van der Waals surface area (Å²) in [4.78, 5) is 12.7. The van der Waals surface area contributed by atoms with Gasteiger partial charge in [0.15, 0.2) is 0 Å². The molecular weight excluding hydrogens is 206 g/mol. The van der Waals surface area contributed by atoms with Crippen LogP contribution in [0.2, 0.25) is 0 Å². The minimum absolute atomic E-state index is 0.247. The van der Waals surface area contributed by atoms with Gasteiger partial charge in [0.2, 0.25) is 0 Å². The van der Waals surface area contributed by atoms with Gasteiger partial charge in [0.1, 0.15) is 0 Å². The molecule has 0 aliphatic carbocycles. The Morgan fingerprint density at radius 2 is 2.31 bits per heavy atom. The maximum absolute atomic E-state index is 10.5. The molecule has 0 amide bonds. The highest BCUT2D eigenvalue weighted by molar-refractivity contribution is 5.66. The fourth-order valence-corrected chi connectivity index (χ4v) is 2.01. The first-order valence-corrected chi connectivity index (χ1v) is 6.13. The van der Waals surface area contributed by atoms with Crippen molar-refractivity contribution in [3.63, 3.8) is 0 Å². The van der Waals surface area contributed by atoms with Crippen LogP contribution in [0.5, 0.6) is 0 Å². The summed E-state index contributed by atoms with van der Waals surface area (Å²) < 4.78 is 5.67. The molecule has 0 saturated carbocycles. The lowest BCUT2D eigenvalue weighted by Gasteiger charge is -2.30. The molecule has 0 spiro atoms. The summed E-state index contributed by atoms with van der Waals surface area (Å²) >= 11 is 0. The molecule has 1 aliphatic rings. The first-order valence-electron chi connectivity index (χ1n) is 6.13. The second kappa shape index (κ2) is 6.86. The molecule has 2 unspecified atom stereocenters. The van der Waals surface area contributed by atoms with Crippen molar-refractivity contribution in [2.75, 3.05) is 20.2 Å². The molecule has 1 heterocycles. The van der Waals surface area contributed by atoms with E-state index in [1.807, 2.05) is 7.05 Å². The molecule has 1 saturated heterocycles. The maximum Gasteiger partial charge on any atom is 0.303 e. The van der Waals surface area contributed by atoms with Crippen LogP contribution in [0.4, 0.5) is 0 Å². The normalized spacial score (nSPS) is 23.3. The van der Waals surface area contributed by atoms with Crippen LogP contribution in [-0.4, -0.2) is 48.3 Å². The maximum atomic E-state index is 10.5. The van der Waals surface area contributed by atoms with Crippen LogP contribution in [-0.2, 0) is 9.53 Å². The monoisotopic (exact) mass is 229 g/mol. The van der Waals surface area contributed by atoms with Crippen molar-refractivity contribution in [3.05, 3.63) is 0 Å². The molecule has 1 rings (SSSR count). The third-order valence-electron chi connectivity index (χ3n) is 3.29. The number of ether oxygens (including phenoxy) is 1. The van der Waals surface area contributed by atoms with Crippen molar-refractivity contribution in [3.8, 4) is 0 Å². The van der Waals surface area contributed by atoms with E-state index in [0.29, 0.717) is 18.6 Å². The lowest BCUT2D eigenvalue weighted by molar-refractivity contribution is -0.137. The van der Waals surface area contributed by atoms with Gasteiger partial charge < -0.3 is 14.7 Å². The Labute approximate surface area is 97.6 Å². The Hall–Kier alpha value is -0.610. The molecule has 0 radical (unpaired) electrons. The van der Waals surface area contributed by atoms with Crippen molar-refractivity contribution in [2.45, 2.75) is 51.2 Å². The molecule has 0 bridgehead atoms. The van der Waals surface area contributed by atoms with Crippen LogP contribution in [0, 0.1) is 0 Å². The zero-order valence-electron chi connectivity index (χ0n) is 10.3. The van der Waals surface area contributed by atoms with E-state index >= 15 is 0 Å². The van der Waals surface area contributed by atoms with Crippen LogP contribution in [0.15, 0.2) is 0 Å². The van der Waals surface area contributed by atoms with E-state index in [4.69, 9.17) is 9.84 Å². The van der Waals surface area contributed by atoms with Crippen LogP contribution >= 0.6 is 0 Å². The summed E-state index contributed by atoms with van der Waals surface area (Å²) in [5.74, 6) is -0.714. The third kappa shape index (κ3) is 4.94. The molecule has 0 aromatic rings. The highest BCUT2D eigenvalue weighted by Gasteiger charge is 2.18. The van der Waals surface area contributed by atoms with Crippen molar-refractivity contribution in [1.29, 1.82) is 0 Å². The fourth-order valence-electron chi connectivity index (χ4n) is 2.01. The lowest BCUT2D eigenvalue weighted by atomic mass is 10.1. The molecule has 1 N–H and O–H groups in total. The molecular formula is C12H23NO3. The van der Waals surface area contributed by atoms with Crippen LogP contribution < -0.4 is 0 Å². The quantitative estimate of drug-likeness (QED) is 0.753. The van der Waals surface area contributed by atoms with E-state index in [1.165, 1.54) is 12.8 Å². The van der Waals surface area contributed by atoms with Crippen LogP contribution in [0.3, 0.4) is 0 Å². The predicted molar refractivity (Wildman–Crippen MR) is 62.6 cm³/mol. The topological polar surface area (TPSA) is 49.8 Å². The zero-order valence-corrected chi connectivity index (χ0v) is 10.3.